The van der Waals surface area contributed by atoms with Gasteiger partial charge in [-0.15, -0.1) is 0 Å². The van der Waals surface area contributed by atoms with E-state index in [1.54, 1.807) is 7.11 Å². The summed E-state index contributed by atoms with van der Waals surface area (Å²) in [7, 11) is 1.73. The third-order valence-corrected chi connectivity index (χ3v) is 5.20. The van der Waals surface area contributed by atoms with Crippen LogP contribution in [0.4, 0.5) is 0 Å². The minimum atomic E-state index is 0.497. The van der Waals surface area contributed by atoms with Gasteiger partial charge in [-0.2, -0.15) is 0 Å². The van der Waals surface area contributed by atoms with Crippen LogP contribution in [0, 0.1) is 11.3 Å². The summed E-state index contributed by atoms with van der Waals surface area (Å²) < 4.78 is 6.53. The zero-order chi connectivity index (χ0) is 14.8. The van der Waals surface area contributed by atoms with E-state index in [1.165, 1.54) is 22.9 Å². The predicted molar refractivity (Wildman–Crippen MR) is 88.4 cm³/mol. The summed E-state index contributed by atoms with van der Waals surface area (Å²) in [6, 6.07) is 6.81. The number of hydrogen-bond donors (Lipinski definition) is 1. The van der Waals surface area contributed by atoms with Crippen LogP contribution in [0.2, 0.25) is 0 Å². The van der Waals surface area contributed by atoms with Crippen molar-refractivity contribution in [2.24, 2.45) is 11.3 Å². The van der Waals surface area contributed by atoms with Gasteiger partial charge in [0.2, 0.25) is 0 Å². The summed E-state index contributed by atoms with van der Waals surface area (Å²) in [6.07, 6.45) is 3.57. The van der Waals surface area contributed by atoms with Crippen LogP contribution in [-0.4, -0.2) is 19.7 Å². The SMILES string of the molecule is CCCNC(Cc1cc(OC)ccc1Br)C1CC1(C)C. The van der Waals surface area contributed by atoms with Gasteiger partial charge in [0.25, 0.3) is 0 Å². The highest BCUT2D eigenvalue weighted by Crippen LogP contribution is 2.54. The Kier molecular flexibility index (Phi) is 5.14. The van der Waals surface area contributed by atoms with Gasteiger partial charge in [-0.3, -0.25) is 0 Å². The number of hydrogen-bond acceptors (Lipinski definition) is 2. The lowest BCUT2D eigenvalue weighted by Crippen LogP contribution is -2.35. The number of benzene rings is 1. The minimum Gasteiger partial charge on any atom is -0.497 e. The molecule has 112 valence electrons. The molecule has 2 nitrogen and oxygen atoms in total. The van der Waals surface area contributed by atoms with E-state index in [2.05, 4.69) is 54.2 Å². The molecule has 0 radical (unpaired) electrons. The van der Waals surface area contributed by atoms with Crippen LogP contribution in [0.5, 0.6) is 5.75 Å². The molecule has 0 bridgehead atoms. The van der Waals surface area contributed by atoms with Crippen LogP contribution >= 0.6 is 15.9 Å². The molecule has 1 fully saturated rings. The normalized spacial score (nSPS) is 21.6. The lowest BCUT2D eigenvalue weighted by molar-refractivity contribution is 0.398. The molecule has 1 saturated carbocycles. The molecule has 2 rings (SSSR count). The second-order valence-corrected chi connectivity index (χ2v) is 7.38. The highest BCUT2D eigenvalue weighted by molar-refractivity contribution is 9.10. The predicted octanol–water partition coefficient (Wildman–Crippen LogP) is 4.41. The fourth-order valence-electron chi connectivity index (χ4n) is 2.95. The molecule has 0 spiro atoms. The van der Waals surface area contributed by atoms with E-state index in [-0.39, 0.29) is 0 Å². The number of rotatable bonds is 7. The largest absolute Gasteiger partial charge is 0.497 e. The average Bonchev–Trinajstić information content (AvgIpc) is 3.05. The minimum absolute atomic E-state index is 0.497. The van der Waals surface area contributed by atoms with Crippen molar-refractivity contribution in [3.05, 3.63) is 28.2 Å². The third kappa shape index (κ3) is 3.76. The molecule has 3 heteroatoms. The topological polar surface area (TPSA) is 21.3 Å². The first-order valence-corrected chi connectivity index (χ1v) is 8.33. The zero-order valence-corrected chi connectivity index (χ0v) is 14.6. The monoisotopic (exact) mass is 339 g/mol. The first-order valence-electron chi connectivity index (χ1n) is 7.53. The van der Waals surface area contributed by atoms with Gasteiger partial charge in [-0.1, -0.05) is 36.7 Å². The summed E-state index contributed by atoms with van der Waals surface area (Å²) >= 11 is 3.67. The zero-order valence-electron chi connectivity index (χ0n) is 13.0. The van der Waals surface area contributed by atoms with E-state index in [9.17, 15) is 0 Å². The highest BCUT2D eigenvalue weighted by atomic mass is 79.9. The van der Waals surface area contributed by atoms with E-state index in [4.69, 9.17) is 4.74 Å². The number of methoxy groups -OCH3 is 1. The first kappa shape index (κ1) is 15.8. The molecule has 0 aromatic heterocycles. The molecule has 2 atom stereocenters. The lowest BCUT2D eigenvalue weighted by atomic mass is 9.97. The summed E-state index contributed by atoms with van der Waals surface area (Å²) in [5, 5.41) is 3.74. The Hall–Kier alpha value is -0.540. The molecule has 1 aromatic rings. The highest BCUT2D eigenvalue weighted by Gasteiger charge is 2.49. The first-order chi connectivity index (χ1) is 9.47. The van der Waals surface area contributed by atoms with E-state index in [1.807, 2.05) is 6.07 Å². The Morgan fingerprint density at radius 1 is 1.45 bits per heavy atom. The maximum atomic E-state index is 5.35. The molecule has 0 amide bonds. The van der Waals surface area contributed by atoms with E-state index >= 15 is 0 Å². The number of ether oxygens (including phenoxy) is 1. The van der Waals surface area contributed by atoms with Crippen LogP contribution in [-0.2, 0) is 6.42 Å². The van der Waals surface area contributed by atoms with Crippen molar-refractivity contribution in [1.82, 2.24) is 5.32 Å². The summed E-state index contributed by atoms with van der Waals surface area (Å²) in [6.45, 7) is 8.07. The molecule has 1 aliphatic carbocycles. The fourth-order valence-corrected chi connectivity index (χ4v) is 3.36. The van der Waals surface area contributed by atoms with Crippen LogP contribution in [0.15, 0.2) is 22.7 Å². The molecule has 20 heavy (non-hydrogen) atoms. The molecule has 0 saturated heterocycles. The van der Waals surface area contributed by atoms with Crippen LogP contribution in [0.25, 0.3) is 0 Å². The second-order valence-electron chi connectivity index (χ2n) is 6.52. The van der Waals surface area contributed by atoms with Crippen molar-refractivity contribution in [3.8, 4) is 5.75 Å². The van der Waals surface area contributed by atoms with Crippen molar-refractivity contribution in [3.63, 3.8) is 0 Å². The second kappa shape index (κ2) is 6.48. The van der Waals surface area contributed by atoms with Crippen molar-refractivity contribution < 1.29 is 4.74 Å². The Morgan fingerprint density at radius 2 is 2.15 bits per heavy atom. The van der Waals surface area contributed by atoms with Crippen molar-refractivity contribution in [2.75, 3.05) is 13.7 Å². The molecule has 1 aliphatic rings. The Morgan fingerprint density at radius 3 is 2.70 bits per heavy atom. The molecule has 2 unspecified atom stereocenters. The van der Waals surface area contributed by atoms with E-state index < -0.39 is 0 Å². The molecular formula is C17H26BrNO. The van der Waals surface area contributed by atoms with Gasteiger partial charge < -0.3 is 10.1 Å². The van der Waals surface area contributed by atoms with Gasteiger partial charge in [-0.05, 0) is 60.9 Å². The number of nitrogens with one attached hydrogen (secondary N) is 1. The van der Waals surface area contributed by atoms with Gasteiger partial charge in [0.1, 0.15) is 5.75 Å². The van der Waals surface area contributed by atoms with E-state index in [0.717, 1.165) is 24.6 Å². The van der Waals surface area contributed by atoms with Crippen molar-refractivity contribution >= 4 is 15.9 Å². The van der Waals surface area contributed by atoms with Crippen LogP contribution < -0.4 is 10.1 Å². The quantitative estimate of drug-likeness (QED) is 0.794. The lowest BCUT2D eigenvalue weighted by Gasteiger charge is -2.21. The summed E-state index contributed by atoms with van der Waals surface area (Å²) in [5.74, 6) is 1.72. The Bertz CT molecular complexity index is 458. The van der Waals surface area contributed by atoms with Gasteiger partial charge in [-0.25, -0.2) is 0 Å². The molecule has 1 aromatic carbocycles. The summed E-state index contributed by atoms with van der Waals surface area (Å²) in [5.41, 5.74) is 1.83. The number of halogens is 1. The average molecular weight is 340 g/mol. The molecule has 0 heterocycles. The van der Waals surface area contributed by atoms with Crippen molar-refractivity contribution in [1.29, 1.82) is 0 Å². The standard InChI is InChI=1S/C17H26BrNO/c1-5-8-19-16(14-11-17(14,2)3)10-12-9-13(20-4)6-7-15(12)18/h6-7,9,14,16,19H,5,8,10-11H2,1-4H3. The maximum absolute atomic E-state index is 5.35. The molecular weight excluding hydrogens is 314 g/mol. The van der Waals surface area contributed by atoms with Crippen molar-refractivity contribution in [2.45, 2.75) is 46.1 Å². The van der Waals surface area contributed by atoms with Gasteiger partial charge >= 0.3 is 0 Å². The van der Waals surface area contributed by atoms with Gasteiger partial charge in [0, 0.05) is 10.5 Å². The van der Waals surface area contributed by atoms with Gasteiger partial charge in [0.05, 0.1) is 7.11 Å². The Labute approximate surface area is 131 Å². The van der Waals surface area contributed by atoms with Crippen LogP contribution in [0.3, 0.4) is 0 Å². The molecule has 0 aliphatic heterocycles. The Balaban J connectivity index is 2.11. The molecule has 1 N–H and O–H groups in total. The smallest absolute Gasteiger partial charge is 0.119 e. The van der Waals surface area contributed by atoms with Crippen LogP contribution in [0.1, 0.15) is 39.2 Å². The van der Waals surface area contributed by atoms with Gasteiger partial charge in [0.15, 0.2) is 0 Å². The van der Waals surface area contributed by atoms with E-state index in [0.29, 0.717) is 11.5 Å². The summed E-state index contributed by atoms with van der Waals surface area (Å²) in [4.78, 5) is 0. The third-order valence-electron chi connectivity index (χ3n) is 4.42. The maximum Gasteiger partial charge on any atom is 0.119 e. The fraction of sp³-hybridized carbons (Fsp3) is 0.647.